The number of aliphatic hydroxyl groups is 1. The summed E-state index contributed by atoms with van der Waals surface area (Å²) in [5.74, 6) is -4.48. The zero-order valence-corrected chi connectivity index (χ0v) is 19.4. The lowest BCUT2D eigenvalue weighted by Crippen LogP contribution is -2.56. The van der Waals surface area contributed by atoms with Crippen LogP contribution in [0.1, 0.15) is 36.1 Å². The highest BCUT2D eigenvalue weighted by molar-refractivity contribution is 6.10. The molecule has 1 fully saturated rings. The van der Waals surface area contributed by atoms with Gasteiger partial charge in [0.2, 0.25) is 11.8 Å². The fourth-order valence-electron chi connectivity index (χ4n) is 4.76. The normalized spacial score (nSPS) is 24.5. The first-order valence-corrected chi connectivity index (χ1v) is 11.2. The number of hydrogen-bond donors (Lipinski definition) is 3. The predicted molar refractivity (Wildman–Crippen MR) is 128 cm³/mol. The van der Waals surface area contributed by atoms with Gasteiger partial charge in [0, 0.05) is 17.8 Å². The van der Waals surface area contributed by atoms with Crippen LogP contribution in [0.3, 0.4) is 0 Å². The molecule has 0 saturated heterocycles. The monoisotopic (exact) mass is 460 g/mol. The first kappa shape index (κ1) is 23.4. The highest BCUT2D eigenvalue weighted by atomic mass is 16.3. The number of nitrogens with one attached hydrogen (secondary N) is 2. The Hall–Kier alpha value is -3.71. The smallest absolute Gasteiger partial charge is 0.235 e. The topological polar surface area (TPSA) is 109 Å². The average Bonchev–Trinajstić information content (AvgIpc) is 3.30. The zero-order chi connectivity index (χ0) is 24.5. The van der Waals surface area contributed by atoms with Gasteiger partial charge in [-0.3, -0.25) is 14.4 Å². The quantitative estimate of drug-likeness (QED) is 0.494. The van der Waals surface area contributed by atoms with Crippen molar-refractivity contribution in [3.8, 4) is 0 Å². The molecule has 3 N–H and O–H groups in total. The molecule has 0 spiro atoms. The number of carbonyl (C=O) groups excluding carboxylic acids is 3. The molecule has 7 heteroatoms. The van der Waals surface area contributed by atoms with E-state index < -0.39 is 41.0 Å². The van der Waals surface area contributed by atoms with Gasteiger partial charge in [0.15, 0.2) is 0 Å². The van der Waals surface area contributed by atoms with E-state index in [1.807, 2.05) is 38.1 Å². The van der Waals surface area contributed by atoms with Crippen LogP contribution in [-0.4, -0.2) is 28.3 Å². The van der Waals surface area contributed by atoms with Crippen LogP contribution in [0.15, 0.2) is 71.3 Å². The van der Waals surface area contributed by atoms with Crippen LogP contribution in [0.4, 0.5) is 11.4 Å². The Morgan fingerprint density at radius 3 is 2.00 bits per heavy atom. The SMILES string of the molecule is Cc1ccccc1NC(=O)[C@@H]1C(=O)C[C@](C)(O)[C@@H](C(=O)Nc2ccccc2C)[C@H]1c1ccco1. The molecule has 1 aliphatic rings. The van der Waals surface area contributed by atoms with E-state index >= 15 is 0 Å². The van der Waals surface area contributed by atoms with Crippen molar-refractivity contribution in [3.05, 3.63) is 83.8 Å². The molecule has 1 aromatic heterocycles. The van der Waals surface area contributed by atoms with Crippen molar-refractivity contribution < 1.29 is 23.9 Å². The molecule has 4 atom stereocenters. The predicted octanol–water partition coefficient (Wildman–Crippen LogP) is 4.21. The number of ketones is 1. The average molecular weight is 461 g/mol. The summed E-state index contributed by atoms with van der Waals surface area (Å²) in [6.07, 6.45) is 1.09. The molecule has 7 nitrogen and oxygen atoms in total. The summed E-state index contributed by atoms with van der Waals surface area (Å²) in [5, 5.41) is 17.0. The lowest BCUT2D eigenvalue weighted by atomic mass is 9.62. The summed E-state index contributed by atoms with van der Waals surface area (Å²) >= 11 is 0. The van der Waals surface area contributed by atoms with E-state index in [0.29, 0.717) is 17.1 Å². The summed E-state index contributed by atoms with van der Waals surface area (Å²) in [6, 6.07) is 17.8. The van der Waals surface area contributed by atoms with Crippen molar-refractivity contribution in [3.63, 3.8) is 0 Å². The van der Waals surface area contributed by atoms with Crippen molar-refractivity contribution in [1.82, 2.24) is 0 Å². The Kier molecular flexibility index (Phi) is 6.39. The molecule has 0 radical (unpaired) electrons. The first-order valence-electron chi connectivity index (χ1n) is 11.2. The largest absolute Gasteiger partial charge is 0.469 e. The van der Waals surface area contributed by atoms with E-state index in [2.05, 4.69) is 10.6 Å². The zero-order valence-electron chi connectivity index (χ0n) is 19.4. The van der Waals surface area contributed by atoms with Gasteiger partial charge in [-0.05, 0) is 56.2 Å². The number of carbonyl (C=O) groups is 3. The molecule has 2 aromatic carbocycles. The van der Waals surface area contributed by atoms with Gasteiger partial charge < -0.3 is 20.2 Å². The van der Waals surface area contributed by atoms with Gasteiger partial charge in [0.1, 0.15) is 17.5 Å². The third kappa shape index (κ3) is 4.52. The van der Waals surface area contributed by atoms with Gasteiger partial charge in [-0.2, -0.15) is 0 Å². The van der Waals surface area contributed by atoms with Crippen molar-refractivity contribution in [2.75, 3.05) is 10.6 Å². The molecule has 1 heterocycles. The van der Waals surface area contributed by atoms with E-state index in [1.165, 1.54) is 13.2 Å². The third-order valence-corrected chi connectivity index (χ3v) is 6.51. The Morgan fingerprint density at radius 1 is 0.912 bits per heavy atom. The highest BCUT2D eigenvalue weighted by Crippen LogP contribution is 2.46. The van der Waals surface area contributed by atoms with Gasteiger partial charge >= 0.3 is 0 Å². The number of benzene rings is 2. The maximum atomic E-state index is 13.6. The number of amides is 2. The first-order chi connectivity index (χ1) is 16.2. The summed E-state index contributed by atoms with van der Waals surface area (Å²) in [5.41, 5.74) is 1.19. The van der Waals surface area contributed by atoms with Crippen molar-refractivity contribution in [2.45, 2.75) is 38.7 Å². The molecule has 1 saturated carbocycles. The second-order valence-corrected chi connectivity index (χ2v) is 9.11. The standard InChI is InChI=1S/C27H28N2O5/c1-16-9-4-6-11-18(16)28-25(31)22-20(30)15-27(3,33)24(23(22)21-13-8-14-34-21)26(32)29-19-12-7-5-10-17(19)2/h4-14,22-24,33H,15H2,1-3H3,(H,28,31)(H,29,32)/t22-,23+,24-,27+/m1/s1. The van der Waals surface area contributed by atoms with Gasteiger partial charge in [-0.1, -0.05) is 36.4 Å². The van der Waals surface area contributed by atoms with Crippen LogP contribution in [0.2, 0.25) is 0 Å². The fraction of sp³-hybridized carbons (Fsp3) is 0.296. The van der Waals surface area contributed by atoms with Crippen LogP contribution in [-0.2, 0) is 14.4 Å². The molecular weight excluding hydrogens is 432 g/mol. The molecule has 3 aromatic rings. The van der Waals surface area contributed by atoms with Gasteiger partial charge in [-0.25, -0.2) is 0 Å². The van der Waals surface area contributed by atoms with E-state index in [9.17, 15) is 19.5 Å². The Morgan fingerprint density at radius 2 is 1.47 bits per heavy atom. The van der Waals surface area contributed by atoms with Gasteiger partial charge in [0.05, 0.1) is 23.7 Å². The summed E-state index contributed by atoms with van der Waals surface area (Å²) in [4.78, 5) is 40.2. The minimum atomic E-state index is -1.68. The van der Waals surface area contributed by atoms with Crippen molar-refractivity contribution in [1.29, 1.82) is 0 Å². The fourth-order valence-corrected chi connectivity index (χ4v) is 4.76. The summed E-state index contributed by atoms with van der Waals surface area (Å²) < 4.78 is 5.60. The number of rotatable bonds is 5. The third-order valence-electron chi connectivity index (χ3n) is 6.51. The number of anilines is 2. The minimum Gasteiger partial charge on any atom is -0.469 e. The molecular formula is C27H28N2O5. The molecule has 176 valence electrons. The molecule has 4 rings (SSSR count). The van der Waals surface area contributed by atoms with E-state index in [0.717, 1.165) is 11.1 Å². The van der Waals surface area contributed by atoms with Gasteiger partial charge in [-0.15, -0.1) is 0 Å². The Bertz CT molecular complexity index is 1220. The van der Waals surface area contributed by atoms with Crippen LogP contribution in [0.25, 0.3) is 0 Å². The molecule has 0 unspecified atom stereocenters. The van der Waals surface area contributed by atoms with Crippen LogP contribution in [0, 0.1) is 25.7 Å². The summed E-state index contributed by atoms with van der Waals surface area (Å²) in [7, 11) is 0. The van der Waals surface area contributed by atoms with Crippen LogP contribution < -0.4 is 10.6 Å². The number of furan rings is 1. The summed E-state index contributed by atoms with van der Waals surface area (Å²) in [6.45, 7) is 5.17. The second-order valence-electron chi connectivity index (χ2n) is 9.11. The number of aryl methyl sites for hydroxylation is 2. The Balaban J connectivity index is 1.74. The van der Waals surface area contributed by atoms with Crippen molar-refractivity contribution >= 4 is 29.0 Å². The number of hydrogen-bond acceptors (Lipinski definition) is 5. The molecule has 0 aliphatic heterocycles. The minimum absolute atomic E-state index is 0.295. The molecule has 34 heavy (non-hydrogen) atoms. The number of para-hydroxylation sites is 2. The van der Waals surface area contributed by atoms with Crippen LogP contribution in [0.5, 0.6) is 0 Å². The lowest BCUT2D eigenvalue weighted by molar-refractivity contribution is -0.151. The maximum Gasteiger partial charge on any atom is 0.235 e. The van der Waals surface area contributed by atoms with E-state index in [1.54, 1.807) is 36.4 Å². The van der Waals surface area contributed by atoms with Crippen molar-refractivity contribution in [2.24, 2.45) is 11.8 Å². The maximum absolute atomic E-state index is 13.6. The van der Waals surface area contributed by atoms with Gasteiger partial charge in [0.25, 0.3) is 0 Å². The molecule has 2 amide bonds. The van der Waals surface area contributed by atoms with E-state index in [4.69, 9.17) is 4.42 Å². The Labute approximate surface area is 198 Å². The molecule has 0 bridgehead atoms. The molecule has 1 aliphatic carbocycles. The van der Waals surface area contributed by atoms with E-state index in [-0.39, 0.29) is 6.42 Å². The second kappa shape index (κ2) is 9.27. The lowest BCUT2D eigenvalue weighted by Gasteiger charge is -2.43. The van der Waals surface area contributed by atoms with Crippen LogP contribution >= 0.6 is 0 Å². The highest BCUT2D eigenvalue weighted by Gasteiger charge is 2.57. The number of Topliss-reactive ketones (excluding diaryl/α,β-unsaturated/α-hetero) is 1.